The molecule has 10 aliphatic rings. The number of carbonyl (C=O) groups excluding carboxylic acids is 2. The molecule has 58 heavy (non-hydrogen) atoms. The number of anilines is 1. The Hall–Kier alpha value is -3.20. The maximum atomic E-state index is 15.3. The van der Waals surface area contributed by atoms with Gasteiger partial charge in [0, 0.05) is 51.1 Å². The van der Waals surface area contributed by atoms with Crippen LogP contribution in [0.15, 0.2) is 66.3 Å². The van der Waals surface area contributed by atoms with Crippen LogP contribution in [-0.4, -0.2) is 58.8 Å². The molecule has 7 nitrogen and oxygen atoms in total. The first-order valence-corrected chi connectivity index (χ1v) is 22.5. The first-order chi connectivity index (χ1) is 27.6. The predicted molar refractivity (Wildman–Crippen MR) is 223 cm³/mol. The van der Waals surface area contributed by atoms with E-state index >= 15 is 4.39 Å². The van der Waals surface area contributed by atoms with Crippen molar-refractivity contribution in [2.45, 2.75) is 115 Å². The number of carbonyl (C=O) groups is 2. The third-order valence-electron chi connectivity index (χ3n) is 18.2. The minimum absolute atomic E-state index is 0.0624. The Morgan fingerprint density at radius 3 is 2.21 bits per heavy atom. The Labute approximate surface area is 347 Å². The number of benzene rings is 2. The van der Waals surface area contributed by atoms with Crippen LogP contribution in [0.4, 0.5) is 14.9 Å². The van der Waals surface area contributed by atoms with E-state index in [1.807, 2.05) is 29.2 Å². The van der Waals surface area contributed by atoms with Crippen molar-refractivity contribution in [3.63, 3.8) is 0 Å². The van der Waals surface area contributed by atoms with Crippen molar-refractivity contribution < 1.29 is 28.9 Å². The van der Waals surface area contributed by atoms with E-state index in [0.717, 1.165) is 68.4 Å². The van der Waals surface area contributed by atoms with E-state index in [-0.39, 0.29) is 58.0 Å². The molecule has 9 heteroatoms. The number of allylic oxidation sites excluding steroid dienone is 4. The summed E-state index contributed by atoms with van der Waals surface area (Å²) >= 11 is 6.54. The van der Waals surface area contributed by atoms with Crippen molar-refractivity contribution >= 4 is 29.1 Å². The lowest BCUT2D eigenvalue weighted by Gasteiger charge is -2.71. The second-order valence-electron chi connectivity index (χ2n) is 21.0. The number of aliphatic hydroxyl groups excluding tert-OH is 1. The summed E-state index contributed by atoms with van der Waals surface area (Å²) in [6, 6.07) is 11.8. The highest BCUT2D eigenvalue weighted by Crippen LogP contribution is 2.78. The standard InChI is InChI=1S/C49H60ClFN2O5/c1-44-14-11-34(54)26-47(44)17-18-49(37(27-47)40(55)22-36-38(50)5-4-6-39(36)51)41(44)12-15-45(2)42(49)13-16-48(45,57)29-53(43(56)52-33-7-9-35(58-3)10-8-33)28-46-23-30-19-31(24-46)21-32(20-30)25-46/h4-10,17-18,27,30-32,34,41-42,54,57H,11-16,19-26,28-29H2,1-3H3,(H,52,56)/t30?,31?,32?,34?,41-,42-,44-,45+,46?,47+,48-,49-/m1/s1. The minimum Gasteiger partial charge on any atom is -0.497 e. The number of hydrogen-bond acceptors (Lipinski definition) is 5. The summed E-state index contributed by atoms with van der Waals surface area (Å²) in [4.78, 5) is 31.6. The van der Waals surface area contributed by atoms with Crippen molar-refractivity contribution in [1.82, 2.24) is 4.90 Å². The zero-order valence-corrected chi connectivity index (χ0v) is 35.1. The number of ketones is 1. The molecule has 0 aliphatic heterocycles. The summed E-state index contributed by atoms with van der Waals surface area (Å²) in [6.45, 7) is 5.45. The molecule has 0 aromatic heterocycles. The van der Waals surface area contributed by atoms with Crippen molar-refractivity contribution in [2.24, 2.45) is 56.7 Å². The van der Waals surface area contributed by atoms with Crippen LogP contribution < -0.4 is 10.1 Å². The number of rotatable bonds is 9. The van der Waals surface area contributed by atoms with Gasteiger partial charge < -0.3 is 25.2 Å². The molecule has 2 aromatic carbocycles. The van der Waals surface area contributed by atoms with Gasteiger partial charge in [-0.1, -0.05) is 49.7 Å². The van der Waals surface area contributed by atoms with Gasteiger partial charge in [0.2, 0.25) is 0 Å². The number of nitrogens with one attached hydrogen (secondary N) is 1. The molecule has 0 heterocycles. The molecule has 12 rings (SSSR count). The molecule has 2 aromatic rings. The Morgan fingerprint density at radius 1 is 0.879 bits per heavy atom. The highest BCUT2D eigenvalue weighted by molar-refractivity contribution is 6.31. The SMILES string of the molecule is COc1ccc(NC(=O)N(CC23CC4CC(CC(C4)C2)C3)C[C@]2(O)CC[C@H]3[C@]45C=C[C@@]6(C=C4C(=O)Cc4c(F)cccc4Cl)CC(O)CC[C@]6(C)[C@H]5CC[C@@]32C)cc1. The number of amides is 2. The molecule has 7 saturated carbocycles. The zero-order valence-electron chi connectivity index (χ0n) is 34.4. The molecule has 2 amide bonds. The Kier molecular flexibility index (Phi) is 9.00. The van der Waals surface area contributed by atoms with Crippen molar-refractivity contribution in [1.29, 1.82) is 0 Å². The number of fused-ring (bicyclic) bond motifs is 1. The second-order valence-corrected chi connectivity index (χ2v) is 21.5. The first kappa shape index (κ1) is 39.0. The van der Waals surface area contributed by atoms with E-state index in [4.69, 9.17) is 16.3 Å². The fourth-order valence-corrected chi connectivity index (χ4v) is 16.1. The largest absolute Gasteiger partial charge is 0.497 e. The average molecular weight is 811 g/mol. The van der Waals surface area contributed by atoms with Gasteiger partial charge in [-0.15, -0.1) is 0 Å². The first-order valence-electron chi connectivity index (χ1n) is 22.1. The van der Waals surface area contributed by atoms with Crippen LogP contribution in [0.5, 0.6) is 5.75 Å². The normalized spacial score (nSPS) is 42.6. The van der Waals surface area contributed by atoms with E-state index in [2.05, 4.69) is 37.4 Å². The summed E-state index contributed by atoms with van der Waals surface area (Å²) in [7, 11) is 1.63. The summed E-state index contributed by atoms with van der Waals surface area (Å²) < 4.78 is 20.7. The molecule has 0 radical (unpaired) electrons. The van der Waals surface area contributed by atoms with Gasteiger partial charge in [-0.2, -0.15) is 0 Å². The van der Waals surface area contributed by atoms with E-state index in [1.165, 1.54) is 25.3 Å². The van der Waals surface area contributed by atoms with E-state index in [0.29, 0.717) is 37.1 Å². The summed E-state index contributed by atoms with van der Waals surface area (Å²) in [6.07, 6.45) is 18.5. The summed E-state index contributed by atoms with van der Waals surface area (Å²) in [5.41, 5.74) is -1.52. The lowest BCUT2D eigenvalue weighted by molar-refractivity contribution is -0.179. The Bertz CT molecular complexity index is 2030. The maximum absolute atomic E-state index is 15.3. The van der Waals surface area contributed by atoms with E-state index in [9.17, 15) is 19.8 Å². The number of methoxy groups -OCH3 is 1. The van der Waals surface area contributed by atoms with Crippen LogP contribution in [0.3, 0.4) is 0 Å². The third kappa shape index (κ3) is 5.62. The van der Waals surface area contributed by atoms with Crippen LogP contribution in [0, 0.1) is 62.5 Å². The van der Waals surface area contributed by atoms with Crippen molar-refractivity contribution in [3.05, 3.63) is 82.7 Å². The van der Waals surface area contributed by atoms with Gasteiger partial charge in [0.15, 0.2) is 5.78 Å². The van der Waals surface area contributed by atoms with E-state index < -0.39 is 33.8 Å². The molecule has 1 unspecified atom stereocenters. The summed E-state index contributed by atoms with van der Waals surface area (Å²) in [5.74, 6) is 2.30. The fourth-order valence-electron chi connectivity index (χ4n) is 15.9. The molecule has 8 atom stereocenters. The van der Waals surface area contributed by atoms with Crippen molar-refractivity contribution in [2.75, 3.05) is 25.5 Å². The van der Waals surface area contributed by atoms with Gasteiger partial charge in [0.25, 0.3) is 0 Å². The highest BCUT2D eigenvalue weighted by Gasteiger charge is 2.74. The molecule has 3 N–H and O–H groups in total. The van der Waals surface area contributed by atoms with Crippen LogP contribution in [0.2, 0.25) is 5.02 Å². The number of aliphatic hydroxyl groups is 2. The van der Waals surface area contributed by atoms with Gasteiger partial charge in [-0.05, 0) is 160 Å². The number of urea groups is 1. The molecule has 7 fully saturated rings. The van der Waals surface area contributed by atoms with Crippen molar-refractivity contribution in [3.8, 4) is 5.75 Å². The van der Waals surface area contributed by atoms with Crippen LogP contribution in [0.25, 0.3) is 0 Å². The lowest BCUT2D eigenvalue weighted by atomic mass is 9.32. The Morgan fingerprint density at radius 2 is 1.53 bits per heavy atom. The molecule has 2 spiro atoms. The number of nitrogens with zero attached hydrogens (tertiary/aromatic N) is 1. The van der Waals surface area contributed by atoms with Gasteiger partial charge in [-0.25, -0.2) is 9.18 Å². The van der Waals surface area contributed by atoms with E-state index in [1.54, 1.807) is 19.2 Å². The molecular weight excluding hydrogens is 751 g/mol. The average Bonchev–Trinajstić information content (AvgIpc) is 3.45. The monoisotopic (exact) mass is 810 g/mol. The predicted octanol–water partition coefficient (Wildman–Crippen LogP) is 9.94. The van der Waals surface area contributed by atoms with Gasteiger partial charge in [-0.3, -0.25) is 4.79 Å². The third-order valence-corrected chi connectivity index (χ3v) is 18.5. The topological polar surface area (TPSA) is 99.1 Å². The number of ether oxygens (including phenoxy) is 1. The molecule has 10 aliphatic carbocycles. The van der Waals surface area contributed by atoms with Gasteiger partial charge in [0.1, 0.15) is 11.6 Å². The minimum atomic E-state index is -1.20. The van der Waals surface area contributed by atoms with Crippen LogP contribution in [-0.2, 0) is 11.2 Å². The van der Waals surface area contributed by atoms with Gasteiger partial charge in [0.05, 0.1) is 25.4 Å². The summed E-state index contributed by atoms with van der Waals surface area (Å²) in [5, 5.41) is 28.0. The van der Waals surface area contributed by atoms with Gasteiger partial charge >= 0.3 is 6.03 Å². The molecule has 0 saturated heterocycles. The fraction of sp³-hybridized carbons (Fsp3) is 0.633. The molecule has 310 valence electrons. The number of halogens is 2. The highest BCUT2D eigenvalue weighted by atomic mass is 35.5. The second kappa shape index (κ2) is 13.4. The van der Waals surface area contributed by atoms with Crippen LogP contribution >= 0.6 is 11.6 Å². The number of hydrogen-bond donors (Lipinski definition) is 3. The molecule has 6 bridgehead atoms. The smallest absolute Gasteiger partial charge is 0.321 e. The number of Topliss-reactive ketones (excluding diaryl/α,β-unsaturated/α-hetero) is 1. The lowest BCUT2D eigenvalue weighted by Crippen LogP contribution is -2.67. The molecular formula is C49H60ClFN2O5. The maximum Gasteiger partial charge on any atom is 0.321 e. The zero-order chi connectivity index (χ0) is 40.5. The van der Waals surface area contributed by atoms with Crippen LogP contribution in [0.1, 0.15) is 103 Å². The Balaban J connectivity index is 1.02. The quantitative estimate of drug-likeness (QED) is 0.219.